The number of amides is 1. The number of aryl methyl sites for hydroxylation is 1. The highest BCUT2D eigenvalue weighted by Crippen LogP contribution is 2.28. The first-order chi connectivity index (χ1) is 11.1. The third-order valence-corrected chi connectivity index (χ3v) is 5.32. The first-order valence-electron chi connectivity index (χ1n) is 8.41. The second-order valence-electron chi connectivity index (χ2n) is 6.89. The molecule has 0 spiro atoms. The molecule has 2 aliphatic rings. The molecule has 2 aliphatic heterocycles. The molecule has 3 atom stereocenters. The van der Waals surface area contributed by atoms with Gasteiger partial charge in [-0.25, -0.2) is 0 Å². The lowest BCUT2D eigenvalue weighted by Crippen LogP contribution is -2.43. The van der Waals surface area contributed by atoms with Crippen molar-refractivity contribution in [1.29, 1.82) is 0 Å². The number of nitrogens with zero attached hydrogens (tertiary/aromatic N) is 1. The second-order valence-corrected chi connectivity index (χ2v) is 6.89. The molecule has 2 saturated heterocycles. The minimum Gasteiger partial charge on any atom is -0.346 e. The molecule has 3 heterocycles. The number of fused-ring (bicyclic) bond motifs is 2. The number of carbonyl (C=O) groups excluding carboxylic acids is 1. The molecule has 2 bridgehead atoms. The normalized spacial score (nSPS) is 25.7. The maximum absolute atomic E-state index is 12.6. The van der Waals surface area contributed by atoms with Gasteiger partial charge in [0.25, 0.3) is 5.91 Å². The maximum Gasteiger partial charge on any atom is 0.268 e. The van der Waals surface area contributed by atoms with E-state index in [0.717, 1.165) is 23.4 Å². The van der Waals surface area contributed by atoms with E-state index in [1.807, 2.05) is 23.7 Å². The lowest BCUT2D eigenvalue weighted by atomic mass is 9.95. The van der Waals surface area contributed by atoms with Gasteiger partial charge in [0, 0.05) is 30.9 Å². The Hall–Kier alpha value is -2.07. The fraction of sp³-hybridized carbons (Fsp3) is 0.421. The van der Waals surface area contributed by atoms with Crippen LogP contribution in [0.25, 0.3) is 11.3 Å². The van der Waals surface area contributed by atoms with Crippen molar-refractivity contribution < 1.29 is 4.79 Å². The first-order valence-corrected chi connectivity index (χ1v) is 8.41. The minimum absolute atomic E-state index is 0.0326. The predicted molar refractivity (Wildman–Crippen MR) is 91.4 cm³/mol. The van der Waals surface area contributed by atoms with Crippen LogP contribution < -0.4 is 10.6 Å². The summed E-state index contributed by atoms with van der Waals surface area (Å²) in [7, 11) is 1.96. The second kappa shape index (κ2) is 5.53. The summed E-state index contributed by atoms with van der Waals surface area (Å²) in [6, 6.07) is 13.7. The molecule has 0 radical (unpaired) electrons. The largest absolute Gasteiger partial charge is 0.346 e. The van der Waals surface area contributed by atoms with Crippen molar-refractivity contribution in [3.05, 3.63) is 47.7 Å². The summed E-state index contributed by atoms with van der Waals surface area (Å²) in [5.74, 6) is 0.0326. The minimum atomic E-state index is 0.0326. The number of hydrogen-bond donors (Lipinski definition) is 2. The monoisotopic (exact) mass is 309 g/mol. The van der Waals surface area contributed by atoms with Crippen LogP contribution in [0.3, 0.4) is 0 Å². The summed E-state index contributed by atoms with van der Waals surface area (Å²) < 4.78 is 1.99. The number of benzene rings is 1. The van der Waals surface area contributed by atoms with Crippen LogP contribution in [-0.2, 0) is 7.05 Å². The van der Waals surface area contributed by atoms with Crippen LogP contribution in [0.2, 0.25) is 0 Å². The molecule has 0 aliphatic carbocycles. The highest BCUT2D eigenvalue weighted by molar-refractivity contribution is 5.94. The molecule has 1 amide bonds. The molecule has 2 N–H and O–H groups in total. The van der Waals surface area contributed by atoms with Crippen molar-refractivity contribution >= 4 is 5.91 Å². The van der Waals surface area contributed by atoms with E-state index in [1.54, 1.807) is 0 Å². The van der Waals surface area contributed by atoms with Gasteiger partial charge in [-0.1, -0.05) is 29.8 Å². The third kappa shape index (κ3) is 2.57. The molecule has 4 nitrogen and oxygen atoms in total. The summed E-state index contributed by atoms with van der Waals surface area (Å²) in [5, 5.41) is 6.78. The average Bonchev–Trinajstić information content (AvgIpc) is 3.23. The maximum atomic E-state index is 12.6. The van der Waals surface area contributed by atoms with Crippen molar-refractivity contribution in [2.24, 2.45) is 7.05 Å². The van der Waals surface area contributed by atoms with Crippen molar-refractivity contribution in [2.45, 2.75) is 44.3 Å². The molecule has 1 aromatic carbocycles. The Morgan fingerprint density at radius 2 is 1.96 bits per heavy atom. The van der Waals surface area contributed by atoms with Gasteiger partial charge in [-0.15, -0.1) is 0 Å². The highest BCUT2D eigenvalue weighted by atomic mass is 16.2. The van der Waals surface area contributed by atoms with E-state index in [-0.39, 0.29) is 11.9 Å². The molecule has 23 heavy (non-hydrogen) atoms. The molecular weight excluding hydrogens is 286 g/mol. The number of aromatic nitrogens is 1. The third-order valence-electron chi connectivity index (χ3n) is 5.32. The van der Waals surface area contributed by atoms with Gasteiger partial charge < -0.3 is 15.2 Å². The molecule has 2 aromatic rings. The number of hydrogen-bond acceptors (Lipinski definition) is 2. The zero-order valence-corrected chi connectivity index (χ0v) is 13.7. The van der Waals surface area contributed by atoms with Crippen molar-refractivity contribution in [1.82, 2.24) is 15.2 Å². The summed E-state index contributed by atoms with van der Waals surface area (Å²) in [4.78, 5) is 12.6. The Balaban J connectivity index is 1.53. The molecule has 2 fully saturated rings. The molecule has 4 rings (SSSR count). The summed E-state index contributed by atoms with van der Waals surface area (Å²) in [6.07, 6.45) is 3.49. The average molecular weight is 309 g/mol. The van der Waals surface area contributed by atoms with Gasteiger partial charge in [-0.05, 0) is 43.9 Å². The van der Waals surface area contributed by atoms with E-state index in [0.29, 0.717) is 12.1 Å². The zero-order chi connectivity index (χ0) is 16.0. The van der Waals surface area contributed by atoms with E-state index >= 15 is 0 Å². The fourth-order valence-corrected chi connectivity index (χ4v) is 3.98. The van der Waals surface area contributed by atoms with E-state index in [9.17, 15) is 4.79 Å². The van der Waals surface area contributed by atoms with Gasteiger partial charge in [0.15, 0.2) is 0 Å². The molecule has 0 unspecified atom stereocenters. The quantitative estimate of drug-likeness (QED) is 0.915. The fourth-order valence-electron chi connectivity index (χ4n) is 3.98. The van der Waals surface area contributed by atoms with Crippen LogP contribution in [0.1, 0.15) is 35.3 Å². The zero-order valence-electron chi connectivity index (χ0n) is 13.7. The highest BCUT2D eigenvalue weighted by Gasteiger charge is 2.39. The van der Waals surface area contributed by atoms with Crippen LogP contribution in [-0.4, -0.2) is 28.6 Å². The summed E-state index contributed by atoms with van der Waals surface area (Å²) >= 11 is 0. The predicted octanol–water partition coefficient (Wildman–Crippen LogP) is 2.62. The van der Waals surface area contributed by atoms with Gasteiger partial charge in [-0.3, -0.25) is 4.79 Å². The van der Waals surface area contributed by atoms with Gasteiger partial charge in [0.1, 0.15) is 5.69 Å². The van der Waals surface area contributed by atoms with E-state index in [4.69, 9.17) is 0 Å². The number of nitrogens with one attached hydrogen (secondary N) is 2. The Morgan fingerprint density at radius 3 is 2.61 bits per heavy atom. The summed E-state index contributed by atoms with van der Waals surface area (Å²) in [6.45, 7) is 2.08. The van der Waals surface area contributed by atoms with Crippen LogP contribution in [0.15, 0.2) is 36.4 Å². The molecular formula is C19H23N3O. The van der Waals surface area contributed by atoms with E-state index < -0.39 is 0 Å². The van der Waals surface area contributed by atoms with Crippen LogP contribution in [0.5, 0.6) is 0 Å². The standard InChI is InChI=1S/C19H23N3O/c1-12-3-5-13(6-4-12)17-9-10-18(22(17)2)19(23)21-16-11-14-7-8-15(16)20-14/h3-6,9-10,14-16,20H,7-8,11H2,1-2H3,(H,21,23)/t14-,15+,16-/m1/s1. The van der Waals surface area contributed by atoms with Crippen LogP contribution >= 0.6 is 0 Å². The molecule has 4 heteroatoms. The Labute approximate surface area is 136 Å². The van der Waals surface area contributed by atoms with Gasteiger partial charge in [-0.2, -0.15) is 0 Å². The SMILES string of the molecule is Cc1ccc(-c2ccc(C(=O)N[C@@H]3C[C@H]4CC[C@@H]3N4)n2C)cc1. The lowest BCUT2D eigenvalue weighted by Gasteiger charge is -2.21. The van der Waals surface area contributed by atoms with Crippen molar-refractivity contribution in [3.8, 4) is 11.3 Å². The summed E-state index contributed by atoms with van der Waals surface area (Å²) in [5.41, 5.74) is 4.17. The van der Waals surface area contributed by atoms with Gasteiger partial charge >= 0.3 is 0 Å². The molecule has 1 aromatic heterocycles. The van der Waals surface area contributed by atoms with Gasteiger partial charge in [0.05, 0.1) is 0 Å². The first kappa shape index (κ1) is 14.5. The Morgan fingerprint density at radius 1 is 1.17 bits per heavy atom. The lowest BCUT2D eigenvalue weighted by molar-refractivity contribution is 0.0923. The van der Waals surface area contributed by atoms with Gasteiger partial charge in [0.2, 0.25) is 0 Å². The van der Waals surface area contributed by atoms with E-state index in [1.165, 1.54) is 18.4 Å². The smallest absolute Gasteiger partial charge is 0.268 e. The van der Waals surface area contributed by atoms with Crippen molar-refractivity contribution in [3.63, 3.8) is 0 Å². The number of carbonyl (C=O) groups is 1. The Kier molecular flexibility index (Phi) is 3.49. The topological polar surface area (TPSA) is 46.1 Å². The van der Waals surface area contributed by atoms with Crippen LogP contribution in [0, 0.1) is 6.92 Å². The van der Waals surface area contributed by atoms with Crippen molar-refractivity contribution in [2.75, 3.05) is 0 Å². The Bertz CT molecular complexity index is 732. The molecule has 120 valence electrons. The van der Waals surface area contributed by atoms with Crippen LogP contribution in [0.4, 0.5) is 0 Å². The molecule has 0 saturated carbocycles. The van der Waals surface area contributed by atoms with E-state index in [2.05, 4.69) is 41.8 Å². The number of rotatable bonds is 3.